The van der Waals surface area contributed by atoms with Crippen LogP contribution < -0.4 is 5.32 Å². The average Bonchev–Trinajstić information content (AvgIpc) is 3.05. The predicted octanol–water partition coefficient (Wildman–Crippen LogP) is 3.98. The molecule has 1 aliphatic rings. The lowest BCUT2D eigenvalue weighted by molar-refractivity contribution is -0.128. The van der Waals surface area contributed by atoms with Crippen LogP contribution in [0.4, 0.5) is 0 Å². The molecule has 3 rings (SSSR count). The van der Waals surface area contributed by atoms with E-state index in [0.717, 1.165) is 34.2 Å². The molecule has 0 bridgehead atoms. The van der Waals surface area contributed by atoms with Crippen molar-refractivity contribution in [1.29, 1.82) is 0 Å². The Hall–Kier alpha value is -1.98. The van der Waals surface area contributed by atoms with E-state index in [1.54, 1.807) is 17.8 Å². The van der Waals surface area contributed by atoms with Crippen LogP contribution in [0.25, 0.3) is 0 Å². The van der Waals surface area contributed by atoms with E-state index in [1.807, 2.05) is 47.4 Å². The Labute approximate surface area is 162 Å². The standard InChI is InChI=1S/C20H21ClN2O2S/c21-17-6-8-18(9-7-17)26-12-10-22-20(25)16-4-1-3-15(13-16)14-23-11-2-5-19(23)24/h1,3-4,6-9,13H,2,5,10-12,14H2,(H,22,25). The van der Waals surface area contributed by atoms with Crippen molar-refractivity contribution < 1.29 is 9.59 Å². The van der Waals surface area contributed by atoms with Crippen LogP contribution in [0.1, 0.15) is 28.8 Å². The fourth-order valence-electron chi connectivity index (χ4n) is 2.87. The van der Waals surface area contributed by atoms with Gasteiger partial charge in [-0.3, -0.25) is 9.59 Å². The van der Waals surface area contributed by atoms with Crippen LogP contribution in [0.3, 0.4) is 0 Å². The van der Waals surface area contributed by atoms with Crippen LogP contribution in [-0.4, -0.2) is 35.6 Å². The Balaban J connectivity index is 1.47. The van der Waals surface area contributed by atoms with E-state index in [4.69, 9.17) is 11.6 Å². The van der Waals surface area contributed by atoms with Crippen LogP contribution in [0.15, 0.2) is 53.4 Å². The number of nitrogens with zero attached hydrogens (tertiary/aromatic N) is 1. The number of hydrogen-bond acceptors (Lipinski definition) is 3. The van der Waals surface area contributed by atoms with Gasteiger partial charge in [0, 0.05) is 47.3 Å². The fourth-order valence-corrected chi connectivity index (χ4v) is 3.76. The largest absolute Gasteiger partial charge is 0.351 e. The molecular formula is C20H21ClN2O2S. The molecule has 1 N–H and O–H groups in total. The SMILES string of the molecule is O=C(NCCSc1ccc(Cl)cc1)c1cccc(CN2CCCC2=O)c1. The van der Waals surface area contributed by atoms with Crippen molar-refractivity contribution in [2.75, 3.05) is 18.8 Å². The molecule has 4 nitrogen and oxygen atoms in total. The quantitative estimate of drug-likeness (QED) is 0.576. The third kappa shape index (κ3) is 5.26. The summed E-state index contributed by atoms with van der Waals surface area (Å²) in [5.74, 6) is 0.894. The summed E-state index contributed by atoms with van der Waals surface area (Å²) in [4.78, 5) is 27.1. The maximum absolute atomic E-state index is 12.3. The van der Waals surface area contributed by atoms with Gasteiger partial charge in [0.25, 0.3) is 5.91 Å². The average molecular weight is 389 g/mol. The molecule has 6 heteroatoms. The van der Waals surface area contributed by atoms with Gasteiger partial charge in [-0.05, 0) is 48.4 Å². The fraction of sp³-hybridized carbons (Fsp3) is 0.300. The van der Waals surface area contributed by atoms with Gasteiger partial charge >= 0.3 is 0 Å². The first-order valence-electron chi connectivity index (χ1n) is 8.65. The first-order valence-corrected chi connectivity index (χ1v) is 10.0. The molecule has 0 saturated carbocycles. The molecule has 2 aromatic carbocycles. The number of likely N-dealkylation sites (tertiary alicyclic amines) is 1. The van der Waals surface area contributed by atoms with E-state index in [0.29, 0.717) is 25.1 Å². The molecule has 136 valence electrons. The van der Waals surface area contributed by atoms with Gasteiger partial charge in [-0.25, -0.2) is 0 Å². The summed E-state index contributed by atoms with van der Waals surface area (Å²) in [5.41, 5.74) is 1.62. The van der Waals surface area contributed by atoms with E-state index < -0.39 is 0 Å². The van der Waals surface area contributed by atoms with Crippen molar-refractivity contribution in [3.8, 4) is 0 Å². The zero-order valence-corrected chi connectivity index (χ0v) is 16.0. The molecule has 0 radical (unpaired) electrons. The molecule has 0 unspecified atom stereocenters. The smallest absolute Gasteiger partial charge is 0.251 e. The highest BCUT2D eigenvalue weighted by Gasteiger charge is 2.20. The highest BCUT2D eigenvalue weighted by Crippen LogP contribution is 2.20. The summed E-state index contributed by atoms with van der Waals surface area (Å²) in [6.45, 7) is 1.96. The Morgan fingerprint density at radius 1 is 1.19 bits per heavy atom. The molecule has 0 spiro atoms. The Bertz CT molecular complexity index is 780. The number of rotatable bonds is 7. The molecule has 1 saturated heterocycles. The number of nitrogens with one attached hydrogen (secondary N) is 1. The number of thioether (sulfide) groups is 1. The lowest BCUT2D eigenvalue weighted by atomic mass is 10.1. The maximum Gasteiger partial charge on any atom is 0.251 e. The lowest BCUT2D eigenvalue weighted by Crippen LogP contribution is -2.26. The number of hydrogen-bond donors (Lipinski definition) is 1. The van der Waals surface area contributed by atoms with Gasteiger partial charge in [0.2, 0.25) is 5.91 Å². The van der Waals surface area contributed by atoms with Crippen LogP contribution in [0.5, 0.6) is 0 Å². The zero-order valence-electron chi connectivity index (χ0n) is 14.4. The lowest BCUT2D eigenvalue weighted by Gasteiger charge is -2.16. The normalized spacial score (nSPS) is 13.9. The predicted molar refractivity (Wildman–Crippen MR) is 106 cm³/mol. The van der Waals surface area contributed by atoms with Gasteiger partial charge in [-0.2, -0.15) is 0 Å². The number of benzene rings is 2. The van der Waals surface area contributed by atoms with E-state index >= 15 is 0 Å². The maximum atomic E-state index is 12.3. The van der Waals surface area contributed by atoms with Crippen molar-refractivity contribution in [2.24, 2.45) is 0 Å². The van der Waals surface area contributed by atoms with Gasteiger partial charge in [0.15, 0.2) is 0 Å². The van der Waals surface area contributed by atoms with Crippen molar-refractivity contribution in [3.05, 3.63) is 64.7 Å². The molecule has 2 aromatic rings. The molecular weight excluding hydrogens is 368 g/mol. The summed E-state index contributed by atoms with van der Waals surface area (Å²) < 4.78 is 0. The van der Waals surface area contributed by atoms with Gasteiger partial charge in [0.1, 0.15) is 0 Å². The van der Waals surface area contributed by atoms with Crippen LogP contribution >= 0.6 is 23.4 Å². The second kappa shape index (κ2) is 9.10. The number of carbonyl (C=O) groups is 2. The minimum atomic E-state index is -0.0868. The molecule has 26 heavy (non-hydrogen) atoms. The molecule has 1 aliphatic heterocycles. The monoisotopic (exact) mass is 388 g/mol. The first-order chi connectivity index (χ1) is 12.6. The highest BCUT2D eigenvalue weighted by atomic mass is 35.5. The minimum absolute atomic E-state index is 0.0868. The summed E-state index contributed by atoms with van der Waals surface area (Å²) in [5, 5.41) is 3.66. The number of halogens is 1. The molecule has 0 atom stereocenters. The topological polar surface area (TPSA) is 49.4 Å². The zero-order chi connectivity index (χ0) is 18.4. The van der Waals surface area contributed by atoms with Crippen molar-refractivity contribution in [2.45, 2.75) is 24.3 Å². The summed E-state index contributed by atoms with van der Waals surface area (Å²) in [7, 11) is 0. The summed E-state index contributed by atoms with van der Waals surface area (Å²) >= 11 is 7.54. The van der Waals surface area contributed by atoms with Gasteiger partial charge in [-0.15, -0.1) is 11.8 Å². The van der Waals surface area contributed by atoms with Crippen molar-refractivity contribution >= 4 is 35.2 Å². The second-order valence-corrected chi connectivity index (χ2v) is 7.78. The third-order valence-electron chi connectivity index (χ3n) is 4.20. The molecule has 1 fully saturated rings. The summed E-state index contributed by atoms with van der Waals surface area (Å²) in [6, 6.07) is 15.2. The molecule has 0 aromatic heterocycles. The van der Waals surface area contributed by atoms with Crippen molar-refractivity contribution in [1.82, 2.24) is 10.2 Å². The molecule has 1 heterocycles. The van der Waals surface area contributed by atoms with E-state index in [9.17, 15) is 9.59 Å². The van der Waals surface area contributed by atoms with E-state index in [-0.39, 0.29) is 11.8 Å². The number of carbonyl (C=O) groups excluding carboxylic acids is 2. The van der Waals surface area contributed by atoms with Gasteiger partial charge in [0.05, 0.1) is 0 Å². The first kappa shape index (κ1) is 18.8. The third-order valence-corrected chi connectivity index (χ3v) is 5.47. The van der Waals surface area contributed by atoms with Crippen LogP contribution in [-0.2, 0) is 11.3 Å². The molecule has 2 amide bonds. The summed E-state index contributed by atoms with van der Waals surface area (Å²) in [6.07, 6.45) is 1.55. The Kier molecular flexibility index (Phi) is 6.58. The van der Waals surface area contributed by atoms with Gasteiger partial charge in [-0.1, -0.05) is 23.7 Å². The Morgan fingerprint density at radius 2 is 2.00 bits per heavy atom. The highest BCUT2D eigenvalue weighted by molar-refractivity contribution is 7.99. The Morgan fingerprint density at radius 3 is 2.73 bits per heavy atom. The number of amides is 2. The molecule has 0 aliphatic carbocycles. The van der Waals surface area contributed by atoms with E-state index in [1.165, 1.54) is 0 Å². The second-order valence-electron chi connectivity index (χ2n) is 6.18. The van der Waals surface area contributed by atoms with E-state index in [2.05, 4.69) is 5.32 Å². The van der Waals surface area contributed by atoms with Crippen LogP contribution in [0.2, 0.25) is 5.02 Å². The van der Waals surface area contributed by atoms with Crippen LogP contribution in [0, 0.1) is 0 Å². The van der Waals surface area contributed by atoms with Gasteiger partial charge < -0.3 is 10.2 Å². The van der Waals surface area contributed by atoms with Crippen molar-refractivity contribution in [3.63, 3.8) is 0 Å². The minimum Gasteiger partial charge on any atom is -0.351 e.